The van der Waals surface area contributed by atoms with Crippen LogP contribution in [0.3, 0.4) is 0 Å². The van der Waals surface area contributed by atoms with E-state index < -0.39 is 44.9 Å². The van der Waals surface area contributed by atoms with Crippen molar-refractivity contribution in [3.63, 3.8) is 0 Å². The molecule has 1 heterocycles. The number of hydrogen-bond acceptors (Lipinski definition) is 7. The van der Waals surface area contributed by atoms with Crippen LogP contribution in [-0.2, 0) is 24.3 Å². The smallest absolute Gasteiger partial charge is 0.341 e. The number of amides is 1. The van der Waals surface area contributed by atoms with E-state index >= 15 is 0 Å². The Kier molecular flexibility index (Phi) is 7.48. The number of carbonyl (C=O) groups excluding carboxylic acids is 2. The van der Waals surface area contributed by atoms with Crippen LogP contribution >= 0.6 is 0 Å². The van der Waals surface area contributed by atoms with Gasteiger partial charge in [0.25, 0.3) is 5.91 Å². The number of esters is 1. The van der Waals surface area contributed by atoms with Gasteiger partial charge >= 0.3 is 5.97 Å². The first kappa shape index (κ1) is 24.1. The molecule has 1 aliphatic heterocycles. The van der Waals surface area contributed by atoms with Crippen LogP contribution in [0, 0.1) is 17.1 Å². The molecular formula is C21H26FN3O6S. The van der Waals surface area contributed by atoms with E-state index in [1.807, 2.05) is 0 Å². The number of nitriles is 1. The second-order valence-electron chi connectivity index (χ2n) is 7.95. The van der Waals surface area contributed by atoms with Crippen molar-refractivity contribution in [3.05, 3.63) is 29.6 Å². The van der Waals surface area contributed by atoms with E-state index in [0.29, 0.717) is 12.8 Å². The molecule has 174 valence electrons. The van der Waals surface area contributed by atoms with Gasteiger partial charge in [0.1, 0.15) is 11.4 Å². The number of rotatable bonds is 6. The van der Waals surface area contributed by atoms with Gasteiger partial charge in [-0.25, -0.2) is 17.6 Å². The standard InChI is InChI=1S/C21H26FN3O6S/c1-15(19(26)24-21(14-23)7-3-2-4-8-21)31-20(27)17-13-16(5-6-18(17)22)32(28,29)25-9-11-30-12-10-25/h5-6,13,15H,2-4,7-12H2,1H3,(H,24,26)/t15-/m0/s1. The van der Waals surface area contributed by atoms with Crippen molar-refractivity contribution in [2.45, 2.75) is 55.6 Å². The maximum absolute atomic E-state index is 14.3. The van der Waals surface area contributed by atoms with E-state index in [0.717, 1.165) is 37.5 Å². The van der Waals surface area contributed by atoms with Crippen LogP contribution in [0.1, 0.15) is 49.4 Å². The minimum absolute atomic E-state index is 0.150. The number of nitrogens with one attached hydrogen (secondary N) is 1. The number of halogens is 1. The van der Waals surface area contributed by atoms with Gasteiger partial charge in [0, 0.05) is 13.1 Å². The highest BCUT2D eigenvalue weighted by Gasteiger charge is 2.36. The average molecular weight is 468 g/mol. The lowest BCUT2D eigenvalue weighted by atomic mass is 9.83. The number of nitrogens with zero attached hydrogens (tertiary/aromatic N) is 2. The van der Waals surface area contributed by atoms with Gasteiger partial charge in [-0.15, -0.1) is 0 Å². The Bertz CT molecular complexity index is 1010. The van der Waals surface area contributed by atoms with E-state index in [9.17, 15) is 27.7 Å². The molecule has 0 radical (unpaired) electrons. The van der Waals surface area contributed by atoms with Crippen LogP contribution in [0.5, 0.6) is 0 Å². The summed E-state index contributed by atoms with van der Waals surface area (Å²) in [4.78, 5) is 24.8. The van der Waals surface area contributed by atoms with Crippen LogP contribution in [0.15, 0.2) is 23.1 Å². The second kappa shape index (κ2) is 9.94. The van der Waals surface area contributed by atoms with Crippen LogP contribution < -0.4 is 5.32 Å². The molecular weight excluding hydrogens is 441 g/mol. The van der Waals surface area contributed by atoms with Gasteiger partial charge < -0.3 is 14.8 Å². The summed E-state index contributed by atoms with van der Waals surface area (Å²) < 4.78 is 51.3. The van der Waals surface area contributed by atoms with Crippen molar-refractivity contribution in [2.75, 3.05) is 26.3 Å². The first-order valence-corrected chi connectivity index (χ1v) is 11.9. The Labute approximate surface area is 186 Å². The summed E-state index contributed by atoms with van der Waals surface area (Å²) >= 11 is 0. The minimum Gasteiger partial charge on any atom is -0.449 e. The topological polar surface area (TPSA) is 126 Å². The summed E-state index contributed by atoms with van der Waals surface area (Å²) in [5.41, 5.74) is -1.60. The van der Waals surface area contributed by atoms with E-state index in [1.165, 1.54) is 11.2 Å². The highest BCUT2D eigenvalue weighted by atomic mass is 32.2. The third-order valence-corrected chi connectivity index (χ3v) is 7.60. The van der Waals surface area contributed by atoms with Gasteiger partial charge in [0.15, 0.2) is 6.10 Å². The lowest BCUT2D eigenvalue weighted by Crippen LogP contribution is -2.52. The molecule has 0 unspecified atom stereocenters. The lowest BCUT2D eigenvalue weighted by molar-refractivity contribution is -0.130. The van der Waals surface area contributed by atoms with Gasteiger partial charge in [-0.05, 0) is 38.0 Å². The molecule has 1 atom stereocenters. The summed E-state index contributed by atoms with van der Waals surface area (Å²) in [6.07, 6.45) is 2.30. The molecule has 1 amide bonds. The van der Waals surface area contributed by atoms with Crippen LogP contribution in [0.25, 0.3) is 0 Å². The zero-order valence-electron chi connectivity index (χ0n) is 17.8. The fourth-order valence-electron chi connectivity index (χ4n) is 3.79. The van der Waals surface area contributed by atoms with Crippen molar-refractivity contribution >= 4 is 21.9 Å². The van der Waals surface area contributed by atoms with Gasteiger partial charge in [0.2, 0.25) is 10.0 Å². The Morgan fingerprint density at radius 2 is 1.91 bits per heavy atom. The third-order valence-electron chi connectivity index (χ3n) is 5.70. The zero-order valence-corrected chi connectivity index (χ0v) is 18.6. The maximum atomic E-state index is 14.3. The van der Waals surface area contributed by atoms with E-state index in [4.69, 9.17) is 9.47 Å². The number of sulfonamides is 1. The van der Waals surface area contributed by atoms with Crippen molar-refractivity contribution in [3.8, 4) is 6.07 Å². The molecule has 9 nitrogen and oxygen atoms in total. The second-order valence-corrected chi connectivity index (χ2v) is 9.89. The number of benzene rings is 1. The maximum Gasteiger partial charge on any atom is 0.341 e. The highest BCUT2D eigenvalue weighted by Crippen LogP contribution is 2.28. The molecule has 1 aromatic carbocycles. The molecule has 1 aliphatic carbocycles. The largest absolute Gasteiger partial charge is 0.449 e. The molecule has 2 aliphatic rings. The van der Waals surface area contributed by atoms with Gasteiger partial charge in [-0.1, -0.05) is 19.3 Å². The number of carbonyl (C=O) groups is 2. The highest BCUT2D eigenvalue weighted by molar-refractivity contribution is 7.89. The molecule has 1 aromatic rings. The van der Waals surface area contributed by atoms with Crippen molar-refractivity contribution in [2.24, 2.45) is 0 Å². The van der Waals surface area contributed by atoms with Crippen LogP contribution in [0.2, 0.25) is 0 Å². The monoisotopic (exact) mass is 467 g/mol. The van der Waals surface area contributed by atoms with Gasteiger partial charge in [-0.2, -0.15) is 9.57 Å². The fourth-order valence-corrected chi connectivity index (χ4v) is 5.23. The normalized spacial score (nSPS) is 20.0. The van der Waals surface area contributed by atoms with E-state index in [2.05, 4.69) is 11.4 Å². The first-order chi connectivity index (χ1) is 15.2. The van der Waals surface area contributed by atoms with Crippen LogP contribution in [-0.4, -0.2) is 62.5 Å². The van der Waals surface area contributed by atoms with Crippen LogP contribution in [0.4, 0.5) is 4.39 Å². The number of hydrogen-bond donors (Lipinski definition) is 1. The SMILES string of the molecule is C[C@H](OC(=O)c1cc(S(=O)(=O)N2CCOCC2)ccc1F)C(=O)NC1(C#N)CCCCC1. The van der Waals surface area contributed by atoms with Crippen molar-refractivity contribution in [1.82, 2.24) is 9.62 Å². The summed E-state index contributed by atoms with van der Waals surface area (Å²) in [5, 5.41) is 12.1. The molecule has 1 saturated heterocycles. The molecule has 0 aromatic heterocycles. The number of morpholine rings is 1. The summed E-state index contributed by atoms with van der Waals surface area (Å²) in [6, 6.07) is 5.00. The van der Waals surface area contributed by atoms with E-state index in [1.54, 1.807) is 0 Å². The predicted octanol–water partition coefficient (Wildman–Crippen LogP) is 1.73. The summed E-state index contributed by atoms with van der Waals surface area (Å²) in [6.45, 7) is 2.10. The molecule has 0 bridgehead atoms. The molecule has 11 heteroatoms. The molecule has 0 spiro atoms. The molecule has 3 rings (SSSR count). The molecule has 2 fully saturated rings. The molecule has 1 N–H and O–H groups in total. The number of ether oxygens (including phenoxy) is 2. The summed E-state index contributed by atoms with van der Waals surface area (Å²) in [5.74, 6) is -2.80. The predicted molar refractivity (Wildman–Crippen MR) is 110 cm³/mol. The Hall–Kier alpha value is -2.55. The Balaban J connectivity index is 1.72. The third kappa shape index (κ3) is 5.26. The van der Waals surface area contributed by atoms with Gasteiger partial charge in [-0.3, -0.25) is 4.79 Å². The van der Waals surface area contributed by atoms with Crippen molar-refractivity contribution in [1.29, 1.82) is 5.26 Å². The zero-order chi connectivity index (χ0) is 23.4. The average Bonchev–Trinajstić information content (AvgIpc) is 2.80. The lowest BCUT2D eigenvalue weighted by Gasteiger charge is -2.32. The minimum atomic E-state index is -3.95. The Morgan fingerprint density at radius 3 is 2.53 bits per heavy atom. The van der Waals surface area contributed by atoms with Crippen molar-refractivity contribution < 1.29 is 31.9 Å². The fraction of sp³-hybridized carbons (Fsp3) is 0.571. The van der Waals surface area contributed by atoms with Gasteiger partial charge in [0.05, 0.1) is 29.7 Å². The Morgan fingerprint density at radius 1 is 1.25 bits per heavy atom. The molecule has 1 saturated carbocycles. The van der Waals surface area contributed by atoms with E-state index in [-0.39, 0.29) is 31.2 Å². The quantitative estimate of drug-likeness (QED) is 0.632. The molecule has 32 heavy (non-hydrogen) atoms. The first-order valence-electron chi connectivity index (χ1n) is 10.5. The summed E-state index contributed by atoms with van der Waals surface area (Å²) in [7, 11) is -3.95.